The summed E-state index contributed by atoms with van der Waals surface area (Å²) in [6.45, 7) is 11.7. The average Bonchev–Trinajstić information content (AvgIpc) is 2.39. The zero-order valence-corrected chi connectivity index (χ0v) is 14.2. The van der Waals surface area contributed by atoms with Gasteiger partial charge in [-0.2, -0.15) is 0 Å². The maximum absolute atomic E-state index is 6.06. The molecule has 0 amide bonds. The van der Waals surface area contributed by atoms with Gasteiger partial charge in [0.05, 0.1) is 0 Å². The lowest BCUT2D eigenvalue weighted by Crippen LogP contribution is -2.23. The molecule has 1 fully saturated rings. The van der Waals surface area contributed by atoms with Gasteiger partial charge in [-0.05, 0) is 31.6 Å². The van der Waals surface area contributed by atoms with E-state index in [1.807, 2.05) is 6.92 Å². The summed E-state index contributed by atoms with van der Waals surface area (Å²) in [7, 11) is 0. The molecule has 0 saturated heterocycles. The summed E-state index contributed by atoms with van der Waals surface area (Å²) in [6.07, 6.45) is 5.37. The van der Waals surface area contributed by atoms with Crippen molar-refractivity contribution in [2.75, 3.05) is 17.6 Å². The number of anilines is 2. The van der Waals surface area contributed by atoms with E-state index in [1.54, 1.807) is 0 Å². The molecule has 4 nitrogen and oxygen atoms in total. The Morgan fingerprint density at radius 3 is 2.57 bits per heavy atom. The molecule has 0 spiro atoms. The lowest BCUT2D eigenvalue weighted by Gasteiger charge is -2.27. The van der Waals surface area contributed by atoms with Gasteiger partial charge in [-0.1, -0.05) is 40.5 Å². The Morgan fingerprint density at radius 2 is 1.95 bits per heavy atom. The molecular formula is C17H30N4. The van der Waals surface area contributed by atoms with Crippen LogP contribution in [0.15, 0.2) is 0 Å². The van der Waals surface area contributed by atoms with Gasteiger partial charge in [-0.15, -0.1) is 0 Å². The first-order chi connectivity index (χ1) is 9.77. The molecule has 1 aliphatic carbocycles. The number of aromatic nitrogens is 2. The molecule has 1 aromatic heterocycles. The van der Waals surface area contributed by atoms with Crippen molar-refractivity contribution in [3.05, 3.63) is 11.4 Å². The maximum atomic E-state index is 6.06. The number of hydrogen-bond donors (Lipinski definition) is 2. The van der Waals surface area contributed by atoms with Crippen LogP contribution in [0.1, 0.15) is 64.8 Å². The highest BCUT2D eigenvalue weighted by molar-refractivity contribution is 5.55. The summed E-state index contributed by atoms with van der Waals surface area (Å²) < 4.78 is 0. The van der Waals surface area contributed by atoms with E-state index in [1.165, 1.54) is 25.7 Å². The van der Waals surface area contributed by atoms with Crippen LogP contribution in [0.2, 0.25) is 0 Å². The van der Waals surface area contributed by atoms with E-state index in [9.17, 15) is 0 Å². The lowest BCUT2D eigenvalue weighted by molar-refractivity contribution is 0.293. The SMILES string of the molecule is Cc1c(N)nc(C(C)(C)C)nc1NCC1CCCC(C)C1. The van der Waals surface area contributed by atoms with Crippen LogP contribution < -0.4 is 11.1 Å². The fourth-order valence-electron chi connectivity index (χ4n) is 3.03. The predicted molar refractivity (Wildman–Crippen MR) is 89.5 cm³/mol. The number of nitrogens with two attached hydrogens (primary N) is 1. The van der Waals surface area contributed by atoms with Gasteiger partial charge in [0.2, 0.25) is 0 Å². The van der Waals surface area contributed by atoms with Crippen LogP contribution in [0.5, 0.6) is 0 Å². The Balaban J connectivity index is 2.10. The molecule has 1 aliphatic rings. The zero-order chi connectivity index (χ0) is 15.6. The van der Waals surface area contributed by atoms with Crippen LogP contribution in [-0.4, -0.2) is 16.5 Å². The van der Waals surface area contributed by atoms with Crippen LogP contribution >= 0.6 is 0 Å². The van der Waals surface area contributed by atoms with Gasteiger partial charge in [0, 0.05) is 17.5 Å². The molecular weight excluding hydrogens is 260 g/mol. The third-order valence-electron chi connectivity index (χ3n) is 4.46. The second-order valence-electron chi connectivity index (χ2n) is 7.67. The molecule has 1 aromatic rings. The van der Waals surface area contributed by atoms with Crippen LogP contribution in [0, 0.1) is 18.8 Å². The zero-order valence-electron chi connectivity index (χ0n) is 14.2. The number of nitrogens with one attached hydrogen (secondary N) is 1. The largest absolute Gasteiger partial charge is 0.383 e. The van der Waals surface area contributed by atoms with Crippen molar-refractivity contribution in [2.45, 2.75) is 65.7 Å². The summed E-state index contributed by atoms with van der Waals surface area (Å²) >= 11 is 0. The number of hydrogen-bond acceptors (Lipinski definition) is 4. The van der Waals surface area contributed by atoms with Crippen LogP contribution in [0.25, 0.3) is 0 Å². The number of nitrogen functional groups attached to an aromatic ring is 1. The van der Waals surface area contributed by atoms with Crippen molar-refractivity contribution in [1.29, 1.82) is 0 Å². The summed E-state index contributed by atoms with van der Waals surface area (Å²) in [4.78, 5) is 9.14. The third-order valence-corrected chi connectivity index (χ3v) is 4.46. The molecule has 1 heterocycles. The second-order valence-corrected chi connectivity index (χ2v) is 7.67. The molecule has 2 unspecified atom stereocenters. The number of rotatable bonds is 3. The second kappa shape index (κ2) is 6.20. The Hall–Kier alpha value is -1.32. The van der Waals surface area contributed by atoms with Gasteiger partial charge in [0.1, 0.15) is 17.5 Å². The van der Waals surface area contributed by atoms with Crippen molar-refractivity contribution in [2.24, 2.45) is 11.8 Å². The quantitative estimate of drug-likeness (QED) is 0.886. The van der Waals surface area contributed by atoms with Gasteiger partial charge >= 0.3 is 0 Å². The first kappa shape index (κ1) is 16.1. The molecule has 0 aliphatic heterocycles. The minimum Gasteiger partial charge on any atom is -0.383 e. The molecule has 0 radical (unpaired) electrons. The standard InChI is InChI=1S/C17H30N4/c1-11-7-6-8-13(9-11)10-19-15-12(2)14(18)20-16(21-15)17(3,4)5/h11,13H,6-10H2,1-5H3,(H3,18,19,20,21). The maximum Gasteiger partial charge on any atom is 0.138 e. The smallest absolute Gasteiger partial charge is 0.138 e. The van der Waals surface area contributed by atoms with Crippen molar-refractivity contribution in [3.63, 3.8) is 0 Å². The molecule has 3 N–H and O–H groups in total. The summed E-state index contributed by atoms with van der Waals surface area (Å²) in [5.41, 5.74) is 6.94. The van der Waals surface area contributed by atoms with Gasteiger partial charge in [-0.3, -0.25) is 0 Å². The van der Waals surface area contributed by atoms with Gasteiger partial charge < -0.3 is 11.1 Å². The first-order valence-corrected chi connectivity index (χ1v) is 8.16. The van der Waals surface area contributed by atoms with E-state index in [-0.39, 0.29) is 5.41 Å². The Morgan fingerprint density at radius 1 is 1.24 bits per heavy atom. The summed E-state index contributed by atoms with van der Waals surface area (Å²) in [5, 5.41) is 3.53. The van der Waals surface area contributed by atoms with Gasteiger partial charge in [0.15, 0.2) is 0 Å². The third kappa shape index (κ3) is 4.08. The van der Waals surface area contributed by atoms with Crippen LogP contribution in [0.3, 0.4) is 0 Å². The monoisotopic (exact) mass is 290 g/mol. The topological polar surface area (TPSA) is 63.8 Å². The minimum absolute atomic E-state index is 0.0857. The normalized spacial score (nSPS) is 23.1. The fourth-order valence-corrected chi connectivity index (χ4v) is 3.03. The predicted octanol–water partition coefficient (Wildman–Crippen LogP) is 3.90. The molecule has 0 bridgehead atoms. The Labute approximate surface area is 128 Å². The molecule has 0 aromatic carbocycles. The Bertz CT molecular complexity index is 490. The van der Waals surface area contributed by atoms with E-state index < -0.39 is 0 Å². The van der Waals surface area contributed by atoms with Crippen molar-refractivity contribution in [3.8, 4) is 0 Å². The fraction of sp³-hybridized carbons (Fsp3) is 0.765. The lowest BCUT2D eigenvalue weighted by atomic mass is 9.82. The van der Waals surface area contributed by atoms with E-state index in [0.717, 1.165) is 35.6 Å². The van der Waals surface area contributed by atoms with E-state index >= 15 is 0 Å². The van der Waals surface area contributed by atoms with E-state index in [2.05, 4.69) is 38.0 Å². The van der Waals surface area contributed by atoms with Crippen LogP contribution in [0.4, 0.5) is 11.6 Å². The summed E-state index contributed by atoms with van der Waals surface area (Å²) in [5.74, 6) is 3.92. The van der Waals surface area contributed by atoms with E-state index in [0.29, 0.717) is 5.82 Å². The molecule has 2 rings (SSSR count). The molecule has 21 heavy (non-hydrogen) atoms. The van der Waals surface area contributed by atoms with Crippen molar-refractivity contribution in [1.82, 2.24) is 9.97 Å². The van der Waals surface area contributed by atoms with Crippen molar-refractivity contribution < 1.29 is 0 Å². The van der Waals surface area contributed by atoms with Crippen molar-refractivity contribution >= 4 is 11.6 Å². The first-order valence-electron chi connectivity index (χ1n) is 8.16. The van der Waals surface area contributed by atoms with E-state index in [4.69, 9.17) is 10.7 Å². The number of nitrogens with zero attached hydrogens (tertiary/aromatic N) is 2. The average molecular weight is 290 g/mol. The molecule has 4 heteroatoms. The van der Waals surface area contributed by atoms with Gasteiger partial charge in [-0.25, -0.2) is 9.97 Å². The highest BCUT2D eigenvalue weighted by Crippen LogP contribution is 2.30. The van der Waals surface area contributed by atoms with Gasteiger partial charge in [0.25, 0.3) is 0 Å². The minimum atomic E-state index is -0.0857. The highest BCUT2D eigenvalue weighted by atomic mass is 15.1. The summed E-state index contributed by atoms with van der Waals surface area (Å²) in [6, 6.07) is 0. The Kier molecular flexibility index (Phi) is 4.74. The molecule has 118 valence electrons. The highest BCUT2D eigenvalue weighted by Gasteiger charge is 2.22. The molecule has 2 atom stereocenters. The molecule has 1 saturated carbocycles. The van der Waals surface area contributed by atoms with Crippen LogP contribution in [-0.2, 0) is 5.41 Å².